The first-order valence-corrected chi connectivity index (χ1v) is 13.5. The summed E-state index contributed by atoms with van der Waals surface area (Å²) in [5.41, 5.74) is 0.869. The van der Waals surface area contributed by atoms with E-state index in [4.69, 9.17) is 14.5 Å². The van der Waals surface area contributed by atoms with Crippen molar-refractivity contribution in [3.8, 4) is 17.2 Å². The second-order valence-corrected chi connectivity index (χ2v) is 11.3. The van der Waals surface area contributed by atoms with Gasteiger partial charge in [-0.15, -0.1) is 0 Å². The summed E-state index contributed by atoms with van der Waals surface area (Å²) in [5, 5.41) is 0. The molecule has 9 nitrogen and oxygen atoms in total. The van der Waals surface area contributed by atoms with Crippen LogP contribution in [0.4, 0.5) is 5.69 Å². The van der Waals surface area contributed by atoms with Gasteiger partial charge in [-0.3, -0.25) is 14.4 Å². The van der Waals surface area contributed by atoms with Gasteiger partial charge < -0.3 is 14.4 Å². The Hall–Kier alpha value is -3.11. The summed E-state index contributed by atoms with van der Waals surface area (Å²) in [6.07, 6.45) is 1.55. The number of para-hydroxylation sites is 2. The van der Waals surface area contributed by atoms with Gasteiger partial charge in [-0.25, -0.2) is 13.4 Å². The van der Waals surface area contributed by atoms with Gasteiger partial charge in [0.2, 0.25) is 15.9 Å². The van der Waals surface area contributed by atoms with Crippen LogP contribution in [0.15, 0.2) is 47.5 Å². The molecule has 10 heteroatoms. The van der Waals surface area contributed by atoms with E-state index < -0.39 is 21.3 Å². The molecule has 0 saturated carbocycles. The van der Waals surface area contributed by atoms with Crippen LogP contribution in [0.2, 0.25) is 0 Å². The lowest BCUT2D eigenvalue weighted by atomic mass is 9.88. The molecule has 1 fully saturated rings. The van der Waals surface area contributed by atoms with Crippen molar-refractivity contribution in [2.45, 2.75) is 20.3 Å². The molecule has 35 heavy (non-hydrogen) atoms. The number of carbonyl (C=O) groups excluding carboxylic acids is 1. The van der Waals surface area contributed by atoms with Gasteiger partial charge in [-0.1, -0.05) is 26.0 Å². The van der Waals surface area contributed by atoms with Crippen LogP contribution < -0.4 is 14.2 Å². The summed E-state index contributed by atoms with van der Waals surface area (Å²) >= 11 is 0. The summed E-state index contributed by atoms with van der Waals surface area (Å²) in [6.45, 7) is 7.34. The Morgan fingerprint density at radius 1 is 1.11 bits per heavy atom. The number of rotatable bonds is 6. The van der Waals surface area contributed by atoms with Crippen molar-refractivity contribution in [3.63, 3.8) is 0 Å². The first kappa shape index (κ1) is 25.0. The van der Waals surface area contributed by atoms with Crippen LogP contribution in [0.5, 0.6) is 17.2 Å². The van der Waals surface area contributed by atoms with E-state index in [9.17, 15) is 13.2 Å². The highest BCUT2D eigenvalue weighted by Crippen LogP contribution is 2.39. The smallest absolute Gasteiger partial charge is 0.239 e. The zero-order valence-corrected chi connectivity index (χ0v) is 21.4. The molecule has 0 radical (unpaired) electrons. The summed E-state index contributed by atoms with van der Waals surface area (Å²) < 4.78 is 36.6. The van der Waals surface area contributed by atoms with Crippen LogP contribution in [-0.4, -0.2) is 76.0 Å². The van der Waals surface area contributed by atoms with Crippen molar-refractivity contribution < 1.29 is 22.7 Å². The third-order valence-electron chi connectivity index (χ3n) is 6.36. The van der Waals surface area contributed by atoms with Crippen LogP contribution in [0.25, 0.3) is 0 Å². The highest BCUT2D eigenvalue weighted by molar-refractivity contribution is 7.89. The highest BCUT2D eigenvalue weighted by Gasteiger charge is 2.31. The Morgan fingerprint density at radius 3 is 2.51 bits per heavy atom. The van der Waals surface area contributed by atoms with Gasteiger partial charge in [-0.05, 0) is 43.3 Å². The average Bonchev–Trinajstić information content (AvgIpc) is 2.98. The minimum atomic E-state index is -3.58. The Morgan fingerprint density at radius 2 is 1.83 bits per heavy atom. The molecule has 1 saturated heterocycles. The Kier molecular flexibility index (Phi) is 7.05. The largest absolute Gasteiger partial charge is 0.497 e. The number of hydrogen-bond acceptors (Lipinski definition) is 8. The SMILES string of the molecule is COc1ccc2c(c1)C(N1CCN(CCC(C)(C)C(=O)NS(C)(=O)=O)CC1)=Nc1ccccc1O2. The summed E-state index contributed by atoms with van der Waals surface area (Å²) in [5.74, 6) is 2.55. The van der Waals surface area contributed by atoms with E-state index in [0.29, 0.717) is 18.7 Å². The quantitative estimate of drug-likeness (QED) is 0.651. The molecule has 0 spiro atoms. The molecule has 0 atom stereocenters. The van der Waals surface area contributed by atoms with Crippen LogP contribution in [0.1, 0.15) is 25.8 Å². The molecule has 0 aromatic heterocycles. The maximum Gasteiger partial charge on any atom is 0.239 e. The second-order valence-electron chi connectivity index (χ2n) is 9.53. The molecule has 2 aromatic carbocycles. The van der Waals surface area contributed by atoms with E-state index in [1.54, 1.807) is 21.0 Å². The fourth-order valence-corrected chi connectivity index (χ4v) is 4.72. The van der Waals surface area contributed by atoms with Crippen molar-refractivity contribution in [2.75, 3.05) is 46.1 Å². The van der Waals surface area contributed by atoms with Crippen molar-refractivity contribution in [1.29, 1.82) is 0 Å². The van der Waals surface area contributed by atoms with Gasteiger partial charge in [-0.2, -0.15) is 0 Å². The number of sulfonamides is 1. The lowest BCUT2D eigenvalue weighted by Crippen LogP contribution is -2.50. The van der Waals surface area contributed by atoms with Crippen LogP contribution >= 0.6 is 0 Å². The lowest BCUT2D eigenvalue weighted by Gasteiger charge is -2.37. The molecule has 188 valence electrons. The van der Waals surface area contributed by atoms with E-state index in [0.717, 1.165) is 61.0 Å². The summed E-state index contributed by atoms with van der Waals surface area (Å²) in [4.78, 5) is 21.9. The number of fused-ring (bicyclic) bond motifs is 2. The van der Waals surface area contributed by atoms with Crippen molar-refractivity contribution in [3.05, 3.63) is 48.0 Å². The van der Waals surface area contributed by atoms with Crippen LogP contribution in [0.3, 0.4) is 0 Å². The number of amides is 1. The molecule has 1 N–H and O–H groups in total. The number of nitrogens with zero attached hydrogens (tertiary/aromatic N) is 3. The maximum atomic E-state index is 12.4. The van der Waals surface area contributed by atoms with Gasteiger partial charge in [0.1, 0.15) is 23.0 Å². The third-order valence-corrected chi connectivity index (χ3v) is 6.91. The molecule has 2 aliphatic heterocycles. The predicted octanol–water partition coefficient (Wildman–Crippen LogP) is 2.99. The number of ether oxygens (including phenoxy) is 2. The van der Waals surface area contributed by atoms with Crippen LogP contribution in [-0.2, 0) is 14.8 Å². The van der Waals surface area contributed by atoms with Crippen molar-refractivity contribution >= 4 is 27.5 Å². The zero-order valence-electron chi connectivity index (χ0n) is 20.6. The second kappa shape index (κ2) is 9.87. The first-order valence-electron chi connectivity index (χ1n) is 11.6. The molecule has 0 aliphatic carbocycles. The maximum absolute atomic E-state index is 12.4. The molecular weight excluding hydrogens is 468 g/mol. The van der Waals surface area contributed by atoms with Crippen LogP contribution in [0, 0.1) is 5.41 Å². The number of amidine groups is 1. The summed E-state index contributed by atoms with van der Waals surface area (Å²) in [6, 6.07) is 13.5. The Bertz CT molecular complexity index is 1230. The van der Waals surface area contributed by atoms with E-state index in [1.165, 1.54) is 0 Å². The minimum absolute atomic E-state index is 0.476. The van der Waals surface area contributed by atoms with E-state index in [-0.39, 0.29) is 0 Å². The zero-order chi connectivity index (χ0) is 25.2. The standard InChI is InChI=1S/C25H32N4O5S/c1-25(2,24(30)27-35(4,31)32)11-12-28-13-15-29(16-14-28)23-19-17-18(33-3)9-10-21(19)34-22-8-6-5-7-20(22)26-23/h5-10,17H,11-16H2,1-4H3,(H,27,30). The van der Waals surface area contributed by atoms with Gasteiger partial charge in [0.05, 0.1) is 18.9 Å². The lowest BCUT2D eigenvalue weighted by molar-refractivity contribution is -0.128. The van der Waals surface area contributed by atoms with Crippen molar-refractivity contribution in [1.82, 2.24) is 14.5 Å². The van der Waals surface area contributed by atoms with E-state index in [1.807, 2.05) is 42.5 Å². The molecule has 2 aliphatic rings. The van der Waals surface area contributed by atoms with E-state index >= 15 is 0 Å². The molecule has 0 bridgehead atoms. The number of hydrogen-bond donors (Lipinski definition) is 1. The molecule has 2 aromatic rings. The topological polar surface area (TPSA) is 101 Å². The van der Waals surface area contributed by atoms with Gasteiger partial charge in [0.15, 0.2) is 5.75 Å². The minimum Gasteiger partial charge on any atom is -0.497 e. The average molecular weight is 501 g/mol. The summed E-state index contributed by atoms with van der Waals surface area (Å²) in [7, 11) is -1.94. The van der Waals surface area contributed by atoms with E-state index in [2.05, 4.69) is 14.5 Å². The van der Waals surface area contributed by atoms with Gasteiger partial charge in [0, 0.05) is 31.6 Å². The predicted molar refractivity (Wildman–Crippen MR) is 135 cm³/mol. The molecule has 4 rings (SSSR count). The fourth-order valence-electron chi connectivity index (χ4n) is 4.11. The molecule has 1 amide bonds. The third kappa shape index (κ3) is 5.94. The van der Waals surface area contributed by atoms with Crippen molar-refractivity contribution in [2.24, 2.45) is 10.4 Å². The first-order chi connectivity index (χ1) is 16.6. The number of nitrogens with one attached hydrogen (secondary N) is 1. The number of methoxy groups -OCH3 is 1. The normalized spacial score (nSPS) is 16.3. The fraction of sp³-hybridized carbons (Fsp3) is 0.440. The molecule has 2 heterocycles. The number of aliphatic imine (C=N–C) groups is 1. The molecule has 0 unspecified atom stereocenters. The number of carbonyl (C=O) groups is 1. The van der Waals surface area contributed by atoms with Gasteiger partial charge in [0.25, 0.3) is 0 Å². The van der Waals surface area contributed by atoms with Gasteiger partial charge >= 0.3 is 0 Å². The number of benzene rings is 2. The molecular formula is C25H32N4O5S. The Balaban J connectivity index is 1.47. The Labute approximate surface area is 206 Å². The highest BCUT2D eigenvalue weighted by atomic mass is 32.2. The number of piperazine rings is 1. The monoisotopic (exact) mass is 500 g/mol.